The zero-order valence-electron chi connectivity index (χ0n) is 82.4. The lowest BCUT2D eigenvalue weighted by Gasteiger charge is -2.34. The van der Waals surface area contributed by atoms with Crippen molar-refractivity contribution in [3.8, 4) is 102 Å². The normalized spacial score (nSPS) is 16.9. The number of piperazine rings is 5. The minimum Gasteiger partial charge on any atom is -0.496 e. The predicted octanol–water partition coefficient (Wildman–Crippen LogP) is 13.4. The highest BCUT2D eigenvalue weighted by Gasteiger charge is 2.39. The number of hydrogen-bond acceptors (Lipinski definition) is 28. The minimum atomic E-state index is -4.58. The van der Waals surface area contributed by atoms with Crippen molar-refractivity contribution in [2.75, 3.05) is 186 Å². The lowest BCUT2D eigenvalue weighted by molar-refractivity contribution is -0.139. The molecule has 16 heterocycles. The van der Waals surface area contributed by atoms with Gasteiger partial charge < -0.3 is 89.0 Å². The predicted molar refractivity (Wildman–Crippen MR) is 544 cm³/mol. The summed E-state index contributed by atoms with van der Waals surface area (Å²) in [7, 11) is 11.2. The molecule has 33 nitrogen and oxygen atoms in total. The van der Waals surface area contributed by atoms with E-state index in [1.807, 2.05) is 54.9 Å². The third-order valence-electron chi connectivity index (χ3n) is 26.4. The Balaban J connectivity index is 0.000000126. The summed E-state index contributed by atoms with van der Waals surface area (Å²) < 4.78 is 183. The van der Waals surface area contributed by atoms with Gasteiger partial charge in [-0.1, -0.05) is 0 Å². The third-order valence-corrected chi connectivity index (χ3v) is 26.4. The number of ether oxygens (including phenoxy) is 8. The molecule has 5 aromatic carbocycles. The topological polar surface area (TPSA) is 322 Å². The number of methoxy groups -OCH3 is 8. The minimum absolute atomic E-state index is 0.171. The highest BCUT2D eigenvalue weighted by atomic mass is 19.4. The molecule has 148 heavy (non-hydrogen) atoms. The number of aromatic nitrogens is 10. The number of halogens is 10. The smallest absolute Gasteiger partial charge is 0.419 e. The summed E-state index contributed by atoms with van der Waals surface area (Å²) in [5, 5.41) is 16.9. The number of rotatable bonds is 18. The number of alkyl halides is 9. The first-order chi connectivity index (χ1) is 71.1. The molecule has 6 fully saturated rings. The van der Waals surface area contributed by atoms with Gasteiger partial charge >= 0.3 is 18.5 Å². The standard InChI is InChI=1S/C22H23FN4O3.2C21H21F3N4O2.C21H24N4O4.C20H19F3N4O2/c1-29-19-7-16(17(23)8-20(19)30-2)18-9-22(28)27-12-15(5-6-21(27)25-18)26-10-13-3-4-14(11-26)24-13;2*1-13-11-27(8-7-25-13)15-4-6-19-26-17(10-20(29)28(19)12-15)14-3-5-18(30-2)16(9-14)21(22,23)24;1-27-17-5-4-14(10-18(17)28-2)16-12-20(26)25-13-15(24-8-6-22-7-9-24)11-19(29-3)21(25)23-16;1-29-17-4-2-13(10-15(17)20(21,22)23)16-11-19(28)27-12-14(3-5-18(27)25-16)26-8-6-24-7-9-26/h5-9,12-14,24H,3-4,10-11H2,1-2H3;2*3-6,9-10,12-13,25H,7-8,11H2,1-2H3;4-5,10-13,22H,6-9H2,1-3H3;2-5,10-12,24H,6-9H2,1H3/t;2*13-;;/m.10../s1. The van der Waals surface area contributed by atoms with Crippen LogP contribution in [0.2, 0.25) is 0 Å². The summed E-state index contributed by atoms with van der Waals surface area (Å²) in [6, 6.07) is 43.9. The van der Waals surface area contributed by atoms with E-state index in [1.54, 1.807) is 74.7 Å². The zero-order valence-corrected chi connectivity index (χ0v) is 82.4. The lowest BCUT2D eigenvalue weighted by atomic mass is 10.1. The van der Waals surface area contributed by atoms with E-state index in [9.17, 15) is 67.9 Å². The second kappa shape index (κ2) is 44.4. The molecule has 2 bridgehead atoms. The van der Waals surface area contributed by atoms with Crippen LogP contribution in [-0.4, -0.2) is 233 Å². The van der Waals surface area contributed by atoms with E-state index in [4.69, 9.17) is 42.9 Å². The van der Waals surface area contributed by atoms with Crippen LogP contribution in [0.4, 0.5) is 72.3 Å². The molecular formula is C105H108F10N20O13. The molecule has 6 aliphatic heterocycles. The van der Waals surface area contributed by atoms with Crippen molar-refractivity contribution in [2.24, 2.45) is 0 Å². The molecule has 0 spiro atoms. The Morgan fingerprint density at radius 2 is 0.608 bits per heavy atom. The van der Waals surface area contributed by atoms with Crippen molar-refractivity contribution in [2.45, 2.75) is 69.4 Å². The fraction of sp³-hybridized carbons (Fsp3) is 0.333. The van der Waals surface area contributed by atoms with Crippen molar-refractivity contribution in [3.05, 3.63) is 275 Å². The first-order valence-electron chi connectivity index (χ1n) is 47.6. The molecule has 6 saturated heterocycles. The molecular weight excluding hydrogens is 1940 g/mol. The van der Waals surface area contributed by atoms with E-state index < -0.39 is 41.0 Å². The zero-order chi connectivity index (χ0) is 105. The maximum Gasteiger partial charge on any atom is 0.419 e. The first kappa shape index (κ1) is 104. The van der Waals surface area contributed by atoms with Crippen molar-refractivity contribution >= 4 is 56.7 Å². The van der Waals surface area contributed by atoms with E-state index in [-0.39, 0.29) is 95.8 Å². The second-order valence-corrected chi connectivity index (χ2v) is 35.9. The Morgan fingerprint density at radius 3 is 0.986 bits per heavy atom. The maximum absolute atomic E-state index is 14.7. The molecule has 21 rings (SSSR count). The molecule has 0 saturated carbocycles. The van der Waals surface area contributed by atoms with Crippen LogP contribution >= 0.6 is 0 Å². The SMILES string of the molecule is COc1cc(F)c(-c2cc(=O)n3cc(N4CC5CCC(C4)N5)ccc3n2)cc1OC.COc1ccc(-c2cc(=O)n3cc(N4CCNCC4)cc(OC)c3n2)cc1OC.COc1ccc(-c2cc(=O)n3cc(N4CCNCC4)ccc3n2)cc1C(F)(F)F.COc1ccc(-c2cc(=O)n3cc(N4CCN[C@@H](C)C4)ccc3n2)cc1C(F)(F)F.COc1ccc(-c2cc(=O)n3cc(N4CCN[C@H](C)C4)ccc3n2)cc1C(F)(F)F. The number of fused-ring (bicyclic) bond motifs is 7. The molecule has 43 heteroatoms. The van der Waals surface area contributed by atoms with Gasteiger partial charge in [-0.3, -0.25) is 46.0 Å². The van der Waals surface area contributed by atoms with E-state index in [1.165, 1.54) is 145 Å². The van der Waals surface area contributed by atoms with Crippen molar-refractivity contribution in [1.82, 2.24) is 73.5 Å². The van der Waals surface area contributed by atoms with Crippen molar-refractivity contribution in [1.29, 1.82) is 0 Å². The van der Waals surface area contributed by atoms with Crippen LogP contribution in [-0.2, 0) is 18.5 Å². The summed E-state index contributed by atoms with van der Waals surface area (Å²) >= 11 is 0. The summed E-state index contributed by atoms with van der Waals surface area (Å²) in [4.78, 5) is 97.4. The van der Waals surface area contributed by atoms with Gasteiger partial charge in [-0.05, 0) is 154 Å². The van der Waals surface area contributed by atoms with Gasteiger partial charge in [0.05, 0.1) is 130 Å². The Labute approximate surface area is 840 Å². The number of hydrogen-bond donors (Lipinski definition) is 5. The van der Waals surface area contributed by atoms with Gasteiger partial charge in [-0.2, -0.15) is 39.5 Å². The largest absolute Gasteiger partial charge is 0.496 e. The van der Waals surface area contributed by atoms with E-state index in [2.05, 4.69) is 84.9 Å². The summed E-state index contributed by atoms with van der Waals surface area (Å²) in [6.07, 6.45) is -2.54. The molecule has 2 unspecified atom stereocenters. The monoisotopic (exact) mass is 2050 g/mol. The Morgan fingerprint density at radius 1 is 0.297 bits per heavy atom. The average Bonchev–Trinajstić information content (AvgIpc) is 2.00. The van der Waals surface area contributed by atoms with Crippen LogP contribution < -0.4 is 117 Å². The highest BCUT2D eigenvalue weighted by molar-refractivity contribution is 5.73. The highest BCUT2D eigenvalue weighted by Crippen LogP contribution is 2.44. The van der Waals surface area contributed by atoms with Gasteiger partial charge in [-0.15, -0.1) is 0 Å². The molecule has 0 amide bonds. The summed E-state index contributed by atoms with van der Waals surface area (Å²) in [5.41, 5.74) is 5.34. The van der Waals surface area contributed by atoms with Gasteiger partial charge in [0.25, 0.3) is 27.8 Å². The fourth-order valence-corrected chi connectivity index (χ4v) is 18.8. The molecule has 6 aliphatic rings. The van der Waals surface area contributed by atoms with Crippen LogP contribution in [0.25, 0.3) is 84.5 Å². The van der Waals surface area contributed by atoms with Crippen LogP contribution in [0.1, 0.15) is 43.4 Å². The molecule has 0 radical (unpaired) electrons. The Hall–Kier alpha value is -15.6. The number of pyridine rings is 5. The quantitative estimate of drug-likeness (QED) is 0.0498. The summed E-state index contributed by atoms with van der Waals surface area (Å²) in [5.74, 6) is 1.04. The summed E-state index contributed by atoms with van der Waals surface area (Å²) in [6.45, 7) is 18.0. The Bertz CT molecular complexity index is 7560. The van der Waals surface area contributed by atoms with Crippen molar-refractivity contribution < 1.29 is 81.8 Å². The molecule has 5 N–H and O–H groups in total. The lowest BCUT2D eigenvalue weighted by Crippen LogP contribution is -2.51. The van der Waals surface area contributed by atoms with Crippen LogP contribution in [0.3, 0.4) is 0 Å². The fourth-order valence-electron chi connectivity index (χ4n) is 18.8. The molecule has 10 aromatic heterocycles. The van der Waals surface area contributed by atoms with E-state index >= 15 is 0 Å². The molecule has 15 aromatic rings. The van der Waals surface area contributed by atoms with Gasteiger partial charge in [0.1, 0.15) is 45.7 Å². The number of anilines is 5. The van der Waals surface area contributed by atoms with Gasteiger partial charge in [0, 0.05) is 230 Å². The molecule has 4 atom stereocenters. The number of nitrogens with one attached hydrogen (secondary N) is 5. The van der Waals surface area contributed by atoms with Gasteiger partial charge in [0.15, 0.2) is 34.4 Å². The Kier molecular flexibility index (Phi) is 31.1. The second-order valence-electron chi connectivity index (χ2n) is 35.9. The van der Waals surface area contributed by atoms with E-state index in [0.29, 0.717) is 81.1 Å². The van der Waals surface area contributed by atoms with Gasteiger partial charge in [-0.25, -0.2) is 29.3 Å². The van der Waals surface area contributed by atoms with Crippen LogP contribution in [0.5, 0.6) is 46.0 Å². The van der Waals surface area contributed by atoms with Crippen molar-refractivity contribution in [3.63, 3.8) is 0 Å². The van der Waals surface area contributed by atoms with Crippen LogP contribution in [0.15, 0.2) is 225 Å². The number of benzene rings is 5. The third kappa shape index (κ3) is 23.1. The molecule has 776 valence electrons. The van der Waals surface area contributed by atoms with E-state index in [0.717, 1.165) is 157 Å². The average molecular weight is 2050 g/mol. The number of nitrogens with zero attached hydrogens (tertiary/aromatic N) is 15. The first-order valence-corrected chi connectivity index (χ1v) is 47.6. The maximum atomic E-state index is 14.7. The van der Waals surface area contributed by atoms with Gasteiger partial charge in [0.2, 0.25) is 0 Å². The molecule has 0 aliphatic carbocycles. The van der Waals surface area contributed by atoms with Crippen LogP contribution in [0, 0.1) is 5.82 Å².